The fraction of sp³-hybridized carbons (Fsp3) is 0.619. The van der Waals surface area contributed by atoms with Gasteiger partial charge in [-0.05, 0) is 49.8 Å². The van der Waals surface area contributed by atoms with Gasteiger partial charge in [0, 0.05) is 26.1 Å². The molecule has 3 atom stereocenters. The van der Waals surface area contributed by atoms with Gasteiger partial charge in [-0.1, -0.05) is 32.0 Å². The summed E-state index contributed by atoms with van der Waals surface area (Å²) in [4.78, 5) is 27.3. The van der Waals surface area contributed by atoms with E-state index in [1.165, 1.54) is 6.42 Å². The molecule has 1 fully saturated rings. The minimum atomic E-state index is -1.13. The van der Waals surface area contributed by atoms with Gasteiger partial charge in [0.05, 0.1) is 5.56 Å². The third-order valence-corrected chi connectivity index (χ3v) is 5.44. The summed E-state index contributed by atoms with van der Waals surface area (Å²) in [5, 5.41) is 2.96. The highest BCUT2D eigenvalue weighted by atomic mass is 16.6. The Morgan fingerprint density at radius 1 is 1.27 bits per heavy atom. The molecule has 142 valence electrons. The topological polar surface area (TPSA) is 58.6 Å². The van der Waals surface area contributed by atoms with Gasteiger partial charge in [-0.25, -0.2) is 4.79 Å². The molecule has 5 nitrogen and oxygen atoms in total. The molecule has 1 saturated heterocycles. The van der Waals surface area contributed by atoms with Crippen LogP contribution in [0.1, 0.15) is 49.5 Å². The first-order chi connectivity index (χ1) is 12.4. The second-order valence-corrected chi connectivity index (χ2v) is 8.27. The molecule has 2 aliphatic rings. The van der Waals surface area contributed by atoms with E-state index < -0.39 is 11.6 Å². The van der Waals surface area contributed by atoms with Crippen molar-refractivity contribution >= 4 is 11.9 Å². The van der Waals surface area contributed by atoms with Gasteiger partial charge in [-0.2, -0.15) is 0 Å². The number of rotatable bonds is 5. The van der Waals surface area contributed by atoms with Crippen LogP contribution in [0.4, 0.5) is 0 Å². The van der Waals surface area contributed by atoms with Gasteiger partial charge >= 0.3 is 5.97 Å². The van der Waals surface area contributed by atoms with Crippen LogP contribution >= 0.6 is 0 Å². The Hall–Kier alpha value is -1.88. The normalized spacial score (nSPS) is 29.0. The number of carbonyl (C=O) groups excluding carboxylic acids is 2. The van der Waals surface area contributed by atoms with E-state index in [1.54, 1.807) is 13.0 Å². The Labute approximate surface area is 156 Å². The smallest absolute Gasteiger partial charge is 0.339 e. The molecule has 3 unspecified atom stereocenters. The zero-order valence-corrected chi connectivity index (χ0v) is 16.1. The molecule has 2 heterocycles. The van der Waals surface area contributed by atoms with Crippen LogP contribution in [0.3, 0.4) is 0 Å². The maximum atomic E-state index is 12.6. The monoisotopic (exact) mass is 358 g/mol. The van der Waals surface area contributed by atoms with Crippen molar-refractivity contribution in [3.8, 4) is 0 Å². The molecular formula is C21H30N2O3. The number of hydrogen-bond donors (Lipinski definition) is 1. The molecule has 0 aromatic heterocycles. The average Bonchev–Trinajstić information content (AvgIpc) is 2.57. The highest BCUT2D eigenvalue weighted by Gasteiger charge is 2.42. The molecule has 5 heteroatoms. The second-order valence-electron chi connectivity index (χ2n) is 8.27. The van der Waals surface area contributed by atoms with Gasteiger partial charge in [-0.15, -0.1) is 0 Å². The average molecular weight is 358 g/mol. The third kappa shape index (κ3) is 4.26. The van der Waals surface area contributed by atoms with Crippen LogP contribution in [0.25, 0.3) is 0 Å². The summed E-state index contributed by atoms with van der Waals surface area (Å²) in [6.45, 7) is 10.2. The maximum absolute atomic E-state index is 12.6. The van der Waals surface area contributed by atoms with Crippen molar-refractivity contribution in [1.82, 2.24) is 10.2 Å². The third-order valence-electron chi connectivity index (χ3n) is 5.44. The van der Waals surface area contributed by atoms with E-state index in [2.05, 4.69) is 24.1 Å². The van der Waals surface area contributed by atoms with E-state index >= 15 is 0 Å². The second kappa shape index (κ2) is 7.78. The minimum Gasteiger partial charge on any atom is -0.445 e. The van der Waals surface area contributed by atoms with E-state index in [-0.39, 0.29) is 5.91 Å². The van der Waals surface area contributed by atoms with Gasteiger partial charge in [0.1, 0.15) is 0 Å². The van der Waals surface area contributed by atoms with Gasteiger partial charge in [0.15, 0.2) is 5.60 Å². The number of carbonyl (C=O) groups is 2. The van der Waals surface area contributed by atoms with Gasteiger partial charge in [0.2, 0.25) is 0 Å². The molecule has 3 rings (SSSR count). The number of nitrogens with zero attached hydrogens (tertiary/aromatic N) is 1. The van der Waals surface area contributed by atoms with E-state index in [0.29, 0.717) is 18.5 Å². The number of cyclic esters (lactones) is 1. The number of nitrogens with one attached hydrogen (secondary N) is 1. The number of fused-ring (bicyclic) bond motifs is 1. The van der Waals surface area contributed by atoms with E-state index in [4.69, 9.17) is 4.74 Å². The van der Waals surface area contributed by atoms with Crippen LogP contribution in [0.5, 0.6) is 0 Å². The Morgan fingerprint density at radius 3 is 2.69 bits per heavy atom. The molecule has 1 N–H and O–H groups in total. The van der Waals surface area contributed by atoms with Crippen molar-refractivity contribution in [2.75, 3.05) is 26.2 Å². The number of amides is 1. The van der Waals surface area contributed by atoms with Crippen LogP contribution in [0.2, 0.25) is 0 Å². The fourth-order valence-electron chi connectivity index (χ4n) is 4.33. The number of esters is 1. The van der Waals surface area contributed by atoms with Crippen LogP contribution in [-0.2, 0) is 16.0 Å². The zero-order valence-electron chi connectivity index (χ0n) is 16.1. The molecule has 26 heavy (non-hydrogen) atoms. The fourth-order valence-corrected chi connectivity index (χ4v) is 4.33. The lowest BCUT2D eigenvalue weighted by Gasteiger charge is -2.35. The number of ether oxygens (including phenoxy) is 1. The van der Waals surface area contributed by atoms with E-state index in [9.17, 15) is 9.59 Å². The van der Waals surface area contributed by atoms with Crippen LogP contribution in [-0.4, -0.2) is 48.6 Å². The predicted molar refractivity (Wildman–Crippen MR) is 101 cm³/mol. The van der Waals surface area contributed by atoms with Crippen LogP contribution in [0, 0.1) is 11.8 Å². The molecular weight excluding hydrogens is 328 g/mol. The van der Waals surface area contributed by atoms with Gasteiger partial charge < -0.3 is 15.0 Å². The van der Waals surface area contributed by atoms with Gasteiger partial charge in [-0.3, -0.25) is 4.79 Å². The van der Waals surface area contributed by atoms with Crippen molar-refractivity contribution in [2.45, 2.75) is 45.6 Å². The quantitative estimate of drug-likeness (QED) is 0.649. The first kappa shape index (κ1) is 18.9. The number of hydrogen-bond acceptors (Lipinski definition) is 4. The van der Waals surface area contributed by atoms with Crippen molar-refractivity contribution in [2.24, 2.45) is 11.8 Å². The highest BCUT2D eigenvalue weighted by Crippen LogP contribution is 2.28. The molecule has 2 aliphatic heterocycles. The maximum Gasteiger partial charge on any atom is 0.339 e. The summed E-state index contributed by atoms with van der Waals surface area (Å²) in [5.74, 6) is 0.865. The molecule has 0 aliphatic carbocycles. The lowest BCUT2D eigenvalue weighted by molar-refractivity contribution is -0.139. The summed E-state index contributed by atoms with van der Waals surface area (Å²) in [6, 6.07) is 7.33. The molecule has 1 amide bonds. The van der Waals surface area contributed by atoms with E-state index in [1.807, 2.05) is 18.2 Å². The zero-order chi connectivity index (χ0) is 18.7. The highest BCUT2D eigenvalue weighted by molar-refractivity contribution is 5.97. The first-order valence-electron chi connectivity index (χ1n) is 9.69. The van der Waals surface area contributed by atoms with Crippen molar-refractivity contribution in [1.29, 1.82) is 0 Å². The summed E-state index contributed by atoms with van der Waals surface area (Å²) in [5.41, 5.74) is 0.309. The summed E-state index contributed by atoms with van der Waals surface area (Å²) in [7, 11) is 0. The van der Waals surface area contributed by atoms with Crippen molar-refractivity contribution in [3.05, 3.63) is 35.4 Å². The number of benzene rings is 1. The standard InChI is InChI=1S/C21H30N2O3/c1-15-11-16(2)14-23(13-15)10-6-9-22-20(25)21(3)12-17-7-4-5-8-18(17)19(24)26-21/h4-5,7-8,15-16H,6,9-14H2,1-3H3,(H,22,25). The summed E-state index contributed by atoms with van der Waals surface area (Å²) >= 11 is 0. The summed E-state index contributed by atoms with van der Waals surface area (Å²) < 4.78 is 5.48. The number of piperidine rings is 1. The molecule has 1 aromatic rings. The van der Waals surface area contributed by atoms with Crippen molar-refractivity contribution in [3.63, 3.8) is 0 Å². The minimum absolute atomic E-state index is 0.208. The van der Waals surface area contributed by atoms with Crippen molar-refractivity contribution < 1.29 is 14.3 Å². The van der Waals surface area contributed by atoms with Crippen LogP contribution < -0.4 is 5.32 Å². The molecule has 0 bridgehead atoms. The Morgan fingerprint density at radius 2 is 1.96 bits per heavy atom. The van der Waals surface area contributed by atoms with Gasteiger partial charge in [0.25, 0.3) is 5.91 Å². The molecule has 0 radical (unpaired) electrons. The Kier molecular flexibility index (Phi) is 5.66. The Bertz CT molecular complexity index is 665. The molecule has 0 spiro atoms. The van der Waals surface area contributed by atoms with Crippen LogP contribution in [0.15, 0.2) is 24.3 Å². The first-order valence-corrected chi connectivity index (χ1v) is 9.69. The molecule has 1 aromatic carbocycles. The lowest BCUT2D eigenvalue weighted by atomic mass is 9.89. The molecule has 0 saturated carbocycles. The summed E-state index contributed by atoms with van der Waals surface area (Å²) in [6.07, 6.45) is 2.63. The van der Waals surface area contributed by atoms with E-state index in [0.717, 1.165) is 43.5 Å². The Balaban J connectivity index is 1.48. The number of likely N-dealkylation sites (tertiary alicyclic amines) is 1. The predicted octanol–water partition coefficient (Wildman–Crippen LogP) is 2.64. The SMILES string of the molecule is CC1CC(C)CN(CCCNC(=O)C2(C)Cc3ccccc3C(=O)O2)C1. The largest absolute Gasteiger partial charge is 0.445 e. The lowest BCUT2D eigenvalue weighted by Crippen LogP contribution is -2.52.